The van der Waals surface area contributed by atoms with E-state index in [4.69, 9.17) is 17.0 Å². The zero-order valence-electron chi connectivity index (χ0n) is 9.62. The maximum Gasteiger partial charge on any atom is 2.00 e. The maximum atomic E-state index is 8.57. The molecule has 1 fully saturated rings. The molecule has 3 nitrogen and oxygen atoms in total. The van der Waals surface area contributed by atoms with E-state index in [2.05, 4.69) is 9.88 Å². The Morgan fingerprint density at radius 1 is 1.11 bits per heavy atom. The van der Waals surface area contributed by atoms with E-state index in [0.717, 1.165) is 18.8 Å². The molecule has 0 radical (unpaired) electrons. The molecule has 1 heterocycles. The third-order valence-electron chi connectivity index (χ3n) is 2.49. The van der Waals surface area contributed by atoms with E-state index in [-0.39, 0.29) is 56.7 Å². The Balaban J connectivity index is -0.000000562. The minimum absolute atomic E-state index is 0. The Kier molecular flexibility index (Phi) is 14.4. The van der Waals surface area contributed by atoms with E-state index in [1.165, 1.54) is 12.8 Å². The van der Waals surface area contributed by atoms with Crippen LogP contribution in [0.25, 0.3) is 4.98 Å². The molecule has 1 aliphatic rings. The minimum atomic E-state index is 0. The van der Waals surface area contributed by atoms with E-state index in [1.54, 1.807) is 12.1 Å². The van der Waals surface area contributed by atoms with E-state index in [9.17, 15) is 0 Å². The van der Waals surface area contributed by atoms with Crippen molar-refractivity contribution in [3.63, 3.8) is 0 Å². The molecule has 1 aromatic rings. The Morgan fingerprint density at radius 3 is 2.11 bits per heavy atom. The Morgan fingerprint density at radius 2 is 1.67 bits per heavy atom. The summed E-state index contributed by atoms with van der Waals surface area (Å²) >= 11 is 6.08. The van der Waals surface area contributed by atoms with Gasteiger partial charge in [0.15, 0.2) is 4.98 Å². The third-order valence-corrected chi connectivity index (χ3v) is 2.80. The summed E-state index contributed by atoms with van der Waals surface area (Å²) in [6.07, 6.45) is 2.45. The molecule has 96 valence electrons. The summed E-state index contributed by atoms with van der Waals surface area (Å²) in [5.74, 6) is 0. The van der Waals surface area contributed by atoms with Crippen molar-refractivity contribution >= 4 is 23.0 Å². The number of hydrogen-bond acceptors (Lipinski definition) is 2. The summed E-state index contributed by atoms with van der Waals surface area (Å²) in [4.78, 5) is 5.35. The standard InChI is InChI=1S/C10H11ClN3.3ClH.Zn/c11-9-7-8(13-12)3-4-10(9)14-5-1-2-6-14;;;;/h3-4,7H,1-2,5-6H2;3*1H;/q+1;;;;+2/p-3. The van der Waals surface area contributed by atoms with Crippen molar-refractivity contribution in [2.45, 2.75) is 12.8 Å². The molecule has 0 amide bonds. The van der Waals surface area contributed by atoms with Crippen LogP contribution in [0, 0.1) is 5.39 Å². The second-order valence-electron chi connectivity index (χ2n) is 3.43. The van der Waals surface area contributed by atoms with Crippen LogP contribution >= 0.6 is 11.6 Å². The SMILES string of the molecule is N#[N+]c1ccc(N2CCCC2)c(Cl)c1.[Cl-].[Cl-].[Cl-].[Zn+2]. The minimum Gasteiger partial charge on any atom is -1.00 e. The third kappa shape index (κ3) is 5.47. The zero-order valence-corrected chi connectivity index (χ0v) is 15.6. The molecule has 0 spiro atoms. The maximum absolute atomic E-state index is 8.57. The average molecular weight is 380 g/mol. The second-order valence-corrected chi connectivity index (χ2v) is 3.84. The topological polar surface area (TPSA) is 31.4 Å². The molecule has 0 unspecified atom stereocenters. The summed E-state index contributed by atoms with van der Waals surface area (Å²) in [6, 6.07) is 5.34. The van der Waals surface area contributed by atoms with Gasteiger partial charge in [-0.3, -0.25) is 0 Å². The first-order chi connectivity index (χ1) is 6.81. The first kappa shape index (κ1) is 23.3. The molecule has 0 aromatic heterocycles. The summed E-state index contributed by atoms with van der Waals surface area (Å²) < 4.78 is 0. The van der Waals surface area contributed by atoms with Gasteiger partial charge in [0, 0.05) is 19.2 Å². The summed E-state index contributed by atoms with van der Waals surface area (Å²) in [5.41, 5.74) is 1.54. The molecule has 0 N–H and O–H groups in total. The number of diazo groups is 1. The molecule has 0 aliphatic carbocycles. The van der Waals surface area contributed by atoms with Crippen LogP contribution in [0.4, 0.5) is 11.4 Å². The Hall–Kier alpha value is 0.223. The van der Waals surface area contributed by atoms with Crippen molar-refractivity contribution in [3.8, 4) is 0 Å². The van der Waals surface area contributed by atoms with Crippen LogP contribution in [0.15, 0.2) is 18.2 Å². The Bertz CT molecular complexity index is 391. The molecule has 8 heteroatoms. The number of nitrogens with zero attached hydrogens (tertiary/aromatic N) is 3. The van der Waals surface area contributed by atoms with E-state index in [1.807, 2.05) is 6.07 Å². The van der Waals surface area contributed by atoms with Gasteiger partial charge in [0.2, 0.25) is 5.39 Å². The van der Waals surface area contributed by atoms with Crippen molar-refractivity contribution in [2.24, 2.45) is 0 Å². The summed E-state index contributed by atoms with van der Waals surface area (Å²) in [6.45, 7) is 2.13. The van der Waals surface area contributed by atoms with Gasteiger partial charge in [-0.15, -0.1) is 0 Å². The molecule has 18 heavy (non-hydrogen) atoms. The molecule has 2 rings (SSSR count). The quantitative estimate of drug-likeness (QED) is 0.360. The molecular weight excluding hydrogens is 369 g/mol. The summed E-state index contributed by atoms with van der Waals surface area (Å²) in [5, 5.41) is 9.23. The Labute approximate surface area is 143 Å². The van der Waals surface area contributed by atoms with E-state index < -0.39 is 0 Å². The van der Waals surface area contributed by atoms with Crippen molar-refractivity contribution in [2.75, 3.05) is 18.0 Å². The number of halogens is 4. The van der Waals surface area contributed by atoms with Gasteiger partial charge in [0.25, 0.3) is 0 Å². The smallest absolute Gasteiger partial charge is 1.00 e. The van der Waals surface area contributed by atoms with Gasteiger partial charge >= 0.3 is 25.2 Å². The molecule has 0 bridgehead atoms. The van der Waals surface area contributed by atoms with Crippen LogP contribution in [-0.4, -0.2) is 13.1 Å². The van der Waals surface area contributed by atoms with Crippen LogP contribution in [0.1, 0.15) is 12.8 Å². The van der Waals surface area contributed by atoms with Crippen LogP contribution in [0.2, 0.25) is 5.02 Å². The van der Waals surface area contributed by atoms with Crippen molar-refractivity contribution in [3.05, 3.63) is 28.2 Å². The van der Waals surface area contributed by atoms with Gasteiger partial charge in [-0.25, -0.2) is 0 Å². The number of rotatable bonds is 1. The van der Waals surface area contributed by atoms with Crippen LogP contribution in [0.3, 0.4) is 0 Å². The van der Waals surface area contributed by atoms with Crippen molar-refractivity contribution < 1.29 is 56.7 Å². The molecule has 0 saturated carbocycles. The largest absolute Gasteiger partial charge is 2.00 e. The second kappa shape index (κ2) is 11.1. The number of anilines is 1. The predicted molar refractivity (Wildman–Crippen MR) is 57.6 cm³/mol. The molecule has 1 saturated heterocycles. The summed E-state index contributed by atoms with van der Waals surface area (Å²) in [7, 11) is 0. The number of benzene rings is 1. The molecule has 1 aromatic carbocycles. The predicted octanol–water partition coefficient (Wildman–Crippen LogP) is -5.57. The van der Waals surface area contributed by atoms with E-state index >= 15 is 0 Å². The van der Waals surface area contributed by atoms with Crippen molar-refractivity contribution in [1.82, 2.24) is 0 Å². The zero-order chi connectivity index (χ0) is 9.97. The normalized spacial score (nSPS) is 12.1. The van der Waals surface area contributed by atoms with Gasteiger partial charge in [-0.2, -0.15) is 0 Å². The fraction of sp³-hybridized carbons (Fsp3) is 0.400. The van der Waals surface area contributed by atoms with Gasteiger partial charge in [0.1, 0.15) is 0 Å². The fourth-order valence-electron chi connectivity index (χ4n) is 1.77. The monoisotopic (exact) mass is 377 g/mol. The van der Waals surface area contributed by atoms with Crippen LogP contribution in [0.5, 0.6) is 0 Å². The fourth-order valence-corrected chi connectivity index (χ4v) is 2.07. The van der Waals surface area contributed by atoms with Gasteiger partial charge < -0.3 is 42.1 Å². The number of hydrogen-bond donors (Lipinski definition) is 0. The molecular formula is C10H11Cl4N3Zn. The van der Waals surface area contributed by atoms with Crippen molar-refractivity contribution in [1.29, 1.82) is 5.39 Å². The molecule has 1 aliphatic heterocycles. The van der Waals surface area contributed by atoms with Gasteiger partial charge in [0.05, 0.1) is 16.8 Å². The van der Waals surface area contributed by atoms with Crippen LogP contribution in [-0.2, 0) is 19.5 Å². The average Bonchev–Trinajstić information content (AvgIpc) is 2.70. The first-order valence-corrected chi connectivity index (χ1v) is 5.08. The van der Waals surface area contributed by atoms with E-state index in [0.29, 0.717) is 10.7 Å². The van der Waals surface area contributed by atoms with Crippen LogP contribution < -0.4 is 42.1 Å². The molecule has 0 atom stereocenters. The first-order valence-electron chi connectivity index (χ1n) is 4.71. The van der Waals surface area contributed by atoms with Gasteiger partial charge in [-0.1, -0.05) is 11.6 Å². The van der Waals surface area contributed by atoms with Gasteiger partial charge in [-0.05, 0) is 18.9 Å².